The van der Waals surface area contributed by atoms with Crippen molar-refractivity contribution in [3.63, 3.8) is 0 Å². The van der Waals surface area contributed by atoms with Crippen LogP contribution in [0.2, 0.25) is 0 Å². The molecule has 21 heavy (non-hydrogen) atoms. The van der Waals surface area contributed by atoms with Gasteiger partial charge in [-0.2, -0.15) is 0 Å². The van der Waals surface area contributed by atoms with Crippen molar-refractivity contribution >= 4 is 18.3 Å². The standard InChI is InChI=1S/C16H22N2O2.ClH/c19-15(14-12-17-10-11-20-14)18-16(8-4-5-9-16)13-6-2-1-3-7-13;/h1-3,6-7,14,17H,4-5,8-12H2,(H,18,19);1H. The smallest absolute Gasteiger partial charge is 0.251 e. The highest BCUT2D eigenvalue weighted by atomic mass is 35.5. The topological polar surface area (TPSA) is 50.4 Å². The Morgan fingerprint density at radius 3 is 2.57 bits per heavy atom. The fourth-order valence-corrected chi connectivity index (χ4v) is 3.27. The molecular formula is C16H23ClN2O2. The number of amides is 1. The summed E-state index contributed by atoms with van der Waals surface area (Å²) in [6.45, 7) is 2.04. The molecule has 1 aromatic rings. The van der Waals surface area contributed by atoms with Gasteiger partial charge in [-0.05, 0) is 18.4 Å². The lowest BCUT2D eigenvalue weighted by atomic mass is 9.88. The minimum absolute atomic E-state index is 0. The highest BCUT2D eigenvalue weighted by Crippen LogP contribution is 2.38. The normalized spacial score (nSPS) is 24.1. The van der Waals surface area contributed by atoms with E-state index in [2.05, 4.69) is 22.8 Å². The average molecular weight is 311 g/mol. The van der Waals surface area contributed by atoms with Gasteiger partial charge in [-0.1, -0.05) is 43.2 Å². The van der Waals surface area contributed by atoms with Gasteiger partial charge in [0.05, 0.1) is 12.1 Å². The third kappa shape index (κ3) is 3.57. The molecule has 116 valence electrons. The minimum Gasteiger partial charge on any atom is -0.366 e. The molecule has 1 aliphatic heterocycles. The number of morpholine rings is 1. The summed E-state index contributed by atoms with van der Waals surface area (Å²) in [6, 6.07) is 10.3. The first-order chi connectivity index (χ1) is 9.80. The molecule has 1 saturated heterocycles. The number of halogens is 1. The minimum atomic E-state index is -0.357. The lowest BCUT2D eigenvalue weighted by molar-refractivity contribution is -0.136. The Labute approximate surface area is 132 Å². The van der Waals surface area contributed by atoms with Gasteiger partial charge in [0.25, 0.3) is 5.91 Å². The predicted octanol–water partition coefficient (Wildman–Crippen LogP) is 1.98. The molecule has 4 nitrogen and oxygen atoms in total. The number of carbonyl (C=O) groups is 1. The zero-order chi connectivity index (χ0) is 13.8. The van der Waals surface area contributed by atoms with Crippen molar-refractivity contribution in [2.45, 2.75) is 37.3 Å². The van der Waals surface area contributed by atoms with Crippen molar-refractivity contribution < 1.29 is 9.53 Å². The number of carbonyl (C=O) groups excluding carboxylic acids is 1. The average Bonchev–Trinajstić information content (AvgIpc) is 2.99. The molecule has 2 N–H and O–H groups in total. The van der Waals surface area contributed by atoms with E-state index in [1.807, 2.05) is 18.2 Å². The molecule has 2 fully saturated rings. The van der Waals surface area contributed by atoms with Gasteiger partial charge < -0.3 is 15.4 Å². The van der Waals surface area contributed by atoms with Gasteiger partial charge >= 0.3 is 0 Å². The molecule has 1 amide bonds. The molecule has 0 spiro atoms. The van der Waals surface area contributed by atoms with E-state index >= 15 is 0 Å². The van der Waals surface area contributed by atoms with Gasteiger partial charge in [0.15, 0.2) is 0 Å². The molecule has 0 radical (unpaired) electrons. The van der Waals surface area contributed by atoms with E-state index in [0.29, 0.717) is 13.2 Å². The van der Waals surface area contributed by atoms with E-state index in [9.17, 15) is 4.79 Å². The Kier molecular flexibility index (Phi) is 5.62. The van der Waals surface area contributed by atoms with E-state index in [4.69, 9.17) is 4.74 Å². The van der Waals surface area contributed by atoms with Crippen LogP contribution >= 0.6 is 12.4 Å². The summed E-state index contributed by atoms with van der Waals surface area (Å²) < 4.78 is 5.56. The zero-order valence-corrected chi connectivity index (χ0v) is 13.0. The number of benzene rings is 1. The Balaban J connectivity index is 0.00000161. The summed E-state index contributed by atoms with van der Waals surface area (Å²) >= 11 is 0. The summed E-state index contributed by atoms with van der Waals surface area (Å²) in [7, 11) is 0. The molecule has 1 aliphatic carbocycles. The molecule has 3 rings (SSSR count). The maximum absolute atomic E-state index is 12.5. The molecule has 0 aromatic heterocycles. The number of hydrogen-bond donors (Lipinski definition) is 2. The monoisotopic (exact) mass is 310 g/mol. The van der Waals surface area contributed by atoms with Crippen LogP contribution in [0.1, 0.15) is 31.2 Å². The highest BCUT2D eigenvalue weighted by molar-refractivity contribution is 5.85. The molecule has 5 heteroatoms. The lowest BCUT2D eigenvalue weighted by Crippen LogP contribution is -2.53. The molecule has 1 saturated carbocycles. The highest BCUT2D eigenvalue weighted by Gasteiger charge is 2.38. The lowest BCUT2D eigenvalue weighted by Gasteiger charge is -2.33. The molecular weight excluding hydrogens is 288 g/mol. The molecule has 1 aromatic carbocycles. The summed E-state index contributed by atoms with van der Waals surface area (Å²) in [5, 5.41) is 6.48. The van der Waals surface area contributed by atoms with Crippen molar-refractivity contribution in [1.29, 1.82) is 0 Å². The third-order valence-corrected chi connectivity index (χ3v) is 4.37. The third-order valence-electron chi connectivity index (χ3n) is 4.37. The second-order valence-corrected chi connectivity index (χ2v) is 5.71. The van der Waals surface area contributed by atoms with Crippen LogP contribution in [0.25, 0.3) is 0 Å². The van der Waals surface area contributed by atoms with Gasteiger partial charge in [-0.15, -0.1) is 12.4 Å². The van der Waals surface area contributed by atoms with Crippen LogP contribution in [-0.2, 0) is 15.1 Å². The van der Waals surface area contributed by atoms with Crippen molar-refractivity contribution in [2.75, 3.05) is 19.7 Å². The SMILES string of the molecule is Cl.O=C(NC1(c2ccccc2)CCCC1)C1CNCCO1. The second-order valence-electron chi connectivity index (χ2n) is 5.71. The van der Waals surface area contributed by atoms with Crippen molar-refractivity contribution in [1.82, 2.24) is 10.6 Å². The van der Waals surface area contributed by atoms with Crippen LogP contribution < -0.4 is 10.6 Å². The number of nitrogens with one attached hydrogen (secondary N) is 2. The Morgan fingerprint density at radius 1 is 1.24 bits per heavy atom. The molecule has 1 atom stereocenters. The van der Waals surface area contributed by atoms with E-state index in [-0.39, 0.29) is 30.0 Å². The van der Waals surface area contributed by atoms with Crippen LogP contribution in [0.4, 0.5) is 0 Å². The summed E-state index contributed by atoms with van der Waals surface area (Å²) in [5.41, 5.74) is 1.02. The van der Waals surface area contributed by atoms with E-state index in [1.54, 1.807) is 0 Å². The second kappa shape index (κ2) is 7.25. The first-order valence-electron chi connectivity index (χ1n) is 7.50. The summed E-state index contributed by atoms with van der Waals surface area (Å²) in [6.07, 6.45) is 4.01. The predicted molar refractivity (Wildman–Crippen MR) is 84.6 cm³/mol. The van der Waals surface area contributed by atoms with Crippen LogP contribution in [0.5, 0.6) is 0 Å². The van der Waals surface area contributed by atoms with E-state index in [0.717, 1.165) is 19.4 Å². The van der Waals surface area contributed by atoms with Crippen molar-refractivity contribution in [3.8, 4) is 0 Å². The van der Waals surface area contributed by atoms with Crippen molar-refractivity contribution in [2.24, 2.45) is 0 Å². The Morgan fingerprint density at radius 2 is 1.95 bits per heavy atom. The molecule has 1 unspecified atom stereocenters. The number of rotatable bonds is 3. The van der Waals surface area contributed by atoms with Crippen LogP contribution in [0.3, 0.4) is 0 Å². The van der Waals surface area contributed by atoms with Crippen LogP contribution in [0, 0.1) is 0 Å². The first kappa shape index (κ1) is 16.3. The Hall–Kier alpha value is -1.10. The Bertz CT molecular complexity index is 455. The van der Waals surface area contributed by atoms with Gasteiger partial charge in [-0.3, -0.25) is 4.79 Å². The van der Waals surface area contributed by atoms with Crippen molar-refractivity contribution in [3.05, 3.63) is 35.9 Å². The zero-order valence-electron chi connectivity index (χ0n) is 12.1. The van der Waals surface area contributed by atoms with Crippen LogP contribution in [-0.4, -0.2) is 31.7 Å². The molecule has 2 aliphatic rings. The van der Waals surface area contributed by atoms with Gasteiger partial charge in [-0.25, -0.2) is 0 Å². The largest absolute Gasteiger partial charge is 0.366 e. The molecule has 1 heterocycles. The quantitative estimate of drug-likeness (QED) is 0.897. The first-order valence-corrected chi connectivity index (χ1v) is 7.50. The number of ether oxygens (including phenoxy) is 1. The van der Waals surface area contributed by atoms with Gasteiger partial charge in [0, 0.05) is 13.1 Å². The van der Waals surface area contributed by atoms with Gasteiger partial charge in [0.1, 0.15) is 6.10 Å². The summed E-state index contributed by atoms with van der Waals surface area (Å²) in [4.78, 5) is 12.5. The maximum atomic E-state index is 12.5. The molecule has 0 bridgehead atoms. The summed E-state index contributed by atoms with van der Waals surface area (Å²) in [5.74, 6) is 0.0166. The number of hydrogen-bond acceptors (Lipinski definition) is 3. The van der Waals surface area contributed by atoms with Crippen LogP contribution in [0.15, 0.2) is 30.3 Å². The van der Waals surface area contributed by atoms with E-state index < -0.39 is 0 Å². The van der Waals surface area contributed by atoms with Gasteiger partial charge in [0.2, 0.25) is 0 Å². The maximum Gasteiger partial charge on any atom is 0.251 e. The fourth-order valence-electron chi connectivity index (χ4n) is 3.27. The van der Waals surface area contributed by atoms with E-state index in [1.165, 1.54) is 18.4 Å². The fraction of sp³-hybridized carbons (Fsp3) is 0.562.